The number of benzene rings is 2. The third kappa shape index (κ3) is 3.39. The second kappa shape index (κ2) is 6.26. The van der Waals surface area contributed by atoms with Crippen LogP contribution < -0.4 is 4.74 Å². The van der Waals surface area contributed by atoms with Crippen LogP contribution in [0.3, 0.4) is 0 Å². The molecule has 0 atom stereocenters. The number of carboxylic acid groups (broad SMARTS) is 1. The van der Waals surface area contributed by atoms with Gasteiger partial charge < -0.3 is 9.84 Å². The van der Waals surface area contributed by atoms with E-state index in [-0.39, 0.29) is 5.57 Å². The summed E-state index contributed by atoms with van der Waals surface area (Å²) in [5.41, 5.74) is 1.57. The number of halogens is 1. The zero-order valence-corrected chi connectivity index (χ0v) is 11.6. The molecule has 3 nitrogen and oxygen atoms in total. The molecule has 0 bridgehead atoms. The molecule has 0 spiro atoms. The van der Waals surface area contributed by atoms with Gasteiger partial charge in [0.15, 0.2) is 0 Å². The molecule has 0 saturated carbocycles. The van der Waals surface area contributed by atoms with E-state index in [1.807, 2.05) is 12.1 Å². The van der Waals surface area contributed by atoms with Gasteiger partial charge in [0.1, 0.15) is 5.75 Å². The van der Waals surface area contributed by atoms with Crippen LogP contribution in [0.5, 0.6) is 5.75 Å². The minimum Gasteiger partial charge on any atom is -0.497 e. The van der Waals surface area contributed by atoms with Gasteiger partial charge in [0, 0.05) is 5.02 Å². The lowest BCUT2D eigenvalue weighted by Crippen LogP contribution is -1.99. The molecule has 0 unspecified atom stereocenters. The summed E-state index contributed by atoms with van der Waals surface area (Å²) in [7, 11) is 1.57. The second-order valence-electron chi connectivity index (χ2n) is 4.15. The Kier molecular flexibility index (Phi) is 4.43. The summed E-state index contributed by atoms with van der Waals surface area (Å²) in [5, 5.41) is 9.92. The Balaban J connectivity index is 2.44. The molecule has 20 heavy (non-hydrogen) atoms. The van der Waals surface area contributed by atoms with E-state index in [9.17, 15) is 9.90 Å². The number of hydrogen-bond donors (Lipinski definition) is 1. The Hall–Kier alpha value is -2.26. The van der Waals surface area contributed by atoms with E-state index >= 15 is 0 Å². The number of hydrogen-bond acceptors (Lipinski definition) is 2. The first kappa shape index (κ1) is 14.2. The van der Waals surface area contributed by atoms with E-state index in [4.69, 9.17) is 16.3 Å². The molecule has 0 aromatic heterocycles. The molecular formula is C16H13ClO3. The molecule has 0 radical (unpaired) electrons. The fraction of sp³-hybridized carbons (Fsp3) is 0.0625. The Labute approximate surface area is 122 Å². The minimum absolute atomic E-state index is 0.204. The van der Waals surface area contributed by atoms with E-state index in [1.54, 1.807) is 49.6 Å². The molecule has 0 heterocycles. The molecule has 2 rings (SSSR count). The lowest BCUT2D eigenvalue weighted by atomic mass is 10.0. The lowest BCUT2D eigenvalue weighted by molar-refractivity contribution is -0.130. The van der Waals surface area contributed by atoms with Crippen molar-refractivity contribution in [2.75, 3.05) is 7.11 Å². The van der Waals surface area contributed by atoms with Gasteiger partial charge in [-0.2, -0.15) is 0 Å². The third-order valence-corrected chi connectivity index (χ3v) is 3.04. The van der Waals surface area contributed by atoms with Crippen LogP contribution >= 0.6 is 11.6 Å². The van der Waals surface area contributed by atoms with Crippen LogP contribution in [0.2, 0.25) is 5.02 Å². The van der Waals surface area contributed by atoms with Crippen LogP contribution in [0.15, 0.2) is 48.5 Å². The van der Waals surface area contributed by atoms with Crippen molar-refractivity contribution in [3.05, 3.63) is 64.7 Å². The number of ether oxygens (including phenoxy) is 1. The summed E-state index contributed by atoms with van der Waals surface area (Å²) in [6.07, 6.45) is 1.61. The third-order valence-electron chi connectivity index (χ3n) is 2.79. The van der Waals surface area contributed by atoms with Crippen LogP contribution in [0.1, 0.15) is 11.1 Å². The normalized spacial score (nSPS) is 11.2. The van der Waals surface area contributed by atoms with Crippen LogP contribution in [-0.4, -0.2) is 18.2 Å². The summed E-state index contributed by atoms with van der Waals surface area (Å²) in [6.45, 7) is 0. The standard InChI is InChI=1S/C16H13ClO3/c1-20-14-4-2-3-11(9-14)10-15(16(18)19)12-5-7-13(17)8-6-12/h2-10H,1H3,(H,18,19)/b15-10+. The first-order chi connectivity index (χ1) is 9.60. The number of rotatable bonds is 4. The first-order valence-electron chi connectivity index (χ1n) is 5.95. The van der Waals surface area contributed by atoms with Gasteiger partial charge in [-0.15, -0.1) is 0 Å². The minimum atomic E-state index is -0.991. The van der Waals surface area contributed by atoms with Crippen molar-refractivity contribution in [3.63, 3.8) is 0 Å². The SMILES string of the molecule is COc1cccc(/C=C(/C(=O)O)c2ccc(Cl)cc2)c1. The quantitative estimate of drug-likeness (QED) is 0.684. The molecule has 102 valence electrons. The molecular weight excluding hydrogens is 276 g/mol. The summed E-state index contributed by atoms with van der Waals surface area (Å²) in [4.78, 5) is 11.4. The van der Waals surface area contributed by atoms with Crippen molar-refractivity contribution in [2.45, 2.75) is 0 Å². The molecule has 2 aromatic carbocycles. The van der Waals surface area contributed by atoms with E-state index in [1.165, 1.54) is 0 Å². The largest absolute Gasteiger partial charge is 0.497 e. The summed E-state index contributed by atoms with van der Waals surface area (Å²) < 4.78 is 5.12. The molecule has 0 saturated heterocycles. The second-order valence-corrected chi connectivity index (χ2v) is 4.58. The van der Waals surface area contributed by atoms with Gasteiger partial charge in [0.05, 0.1) is 12.7 Å². The molecule has 0 aliphatic carbocycles. The fourth-order valence-electron chi connectivity index (χ4n) is 1.80. The number of methoxy groups -OCH3 is 1. The highest BCUT2D eigenvalue weighted by atomic mass is 35.5. The molecule has 4 heteroatoms. The van der Waals surface area contributed by atoms with Crippen molar-refractivity contribution < 1.29 is 14.6 Å². The van der Waals surface area contributed by atoms with Gasteiger partial charge in [-0.25, -0.2) is 4.79 Å². The van der Waals surface area contributed by atoms with Gasteiger partial charge in [0.25, 0.3) is 0 Å². The van der Waals surface area contributed by atoms with Crippen LogP contribution in [0.25, 0.3) is 11.6 Å². The van der Waals surface area contributed by atoms with Crippen LogP contribution in [0.4, 0.5) is 0 Å². The van der Waals surface area contributed by atoms with Crippen LogP contribution in [-0.2, 0) is 4.79 Å². The van der Waals surface area contributed by atoms with E-state index in [2.05, 4.69) is 0 Å². The van der Waals surface area contributed by atoms with E-state index < -0.39 is 5.97 Å². The van der Waals surface area contributed by atoms with Gasteiger partial charge in [-0.05, 0) is 41.5 Å². The zero-order valence-electron chi connectivity index (χ0n) is 10.8. The monoisotopic (exact) mass is 288 g/mol. The summed E-state index contributed by atoms with van der Waals surface area (Å²) >= 11 is 5.81. The Morgan fingerprint density at radius 1 is 1.20 bits per heavy atom. The highest BCUT2D eigenvalue weighted by Gasteiger charge is 2.10. The highest BCUT2D eigenvalue weighted by Crippen LogP contribution is 2.22. The van der Waals surface area contributed by atoms with Crippen LogP contribution in [0, 0.1) is 0 Å². The number of carboxylic acids is 1. The maximum Gasteiger partial charge on any atom is 0.336 e. The van der Waals surface area contributed by atoms with Crippen molar-refractivity contribution in [3.8, 4) is 5.75 Å². The van der Waals surface area contributed by atoms with E-state index in [0.29, 0.717) is 16.3 Å². The van der Waals surface area contributed by atoms with Gasteiger partial charge >= 0.3 is 5.97 Å². The van der Waals surface area contributed by atoms with Crippen molar-refractivity contribution in [2.24, 2.45) is 0 Å². The Morgan fingerprint density at radius 3 is 2.50 bits per heavy atom. The maximum absolute atomic E-state index is 11.4. The van der Waals surface area contributed by atoms with Gasteiger partial charge in [-0.3, -0.25) is 0 Å². The summed E-state index contributed by atoms with van der Waals surface area (Å²) in [5.74, 6) is -0.310. The van der Waals surface area contributed by atoms with Gasteiger partial charge in [-0.1, -0.05) is 35.9 Å². The topological polar surface area (TPSA) is 46.5 Å². The predicted octanol–water partition coefficient (Wildman–Crippen LogP) is 3.97. The molecule has 0 fully saturated rings. The average Bonchev–Trinajstić information content (AvgIpc) is 2.46. The first-order valence-corrected chi connectivity index (χ1v) is 6.33. The summed E-state index contributed by atoms with van der Waals surface area (Å²) in [6, 6.07) is 13.9. The van der Waals surface area contributed by atoms with Gasteiger partial charge in [0.2, 0.25) is 0 Å². The maximum atomic E-state index is 11.4. The van der Waals surface area contributed by atoms with Crippen molar-refractivity contribution in [1.82, 2.24) is 0 Å². The molecule has 0 amide bonds. The van der Waals surface area contributed by atoms with Crippen molar-refractivity contribution in [1.29, 1.82) is 0 Å². The molecule has 0 aliphatic heterocycles. The fourth-order valence-corrected chi connectivity index (χ4v) is 1.92. The smallest absolute Gasteiger partial charge is 0.336 e. The highest BCUT2D eigenvalue weighted by molar-refractivity contribution is 6.30. The molecule has 1 N–H and O–H groups in total. The Bertz CT molecular complexity index is 645. The predicted molar refractivity (Wildman–Crippen MR) is 80.0 cm³/mol. The Morgan fingerprint density at radius 2 is 1.90 bits per heavy atom. The van der Waals surface area contributed by atoms with E-state index in [0.717, 1.165) is 5.56 Å². The molecule has 2 aromatic rings. The number of aliphatic carboxylic acids is 1. The average molecular weight is 289 g/mol. The zero-order chi connectivity index (χ0) is 14.5. The molecule has 0 aliphatic rings. The number of carbonyl (C=O) groups is 1. The van der Waals surface area contributed by atoms with Crippen molar-refractivity contribution >= 4 is 29.2 Å². The lowest BCUT2D eigenvalue weighted by Gasteiger charge is -2.05.